The molecule has 0 bridgehead atoms. The van der Waals surface area contributed by atoms with E-state index in [4.69, 9.17) is 16.1 Å². The predicted octanol–water partition coefficient (Wildman–Crippen LogP) is 2.86. The van der Waals surface area contributed by atoms with E-state index >= 15 is 0 Å². The molecule has 3 rings (SSSR count). The summed E-state index contributed by atoms with van der Waals surface area (Å²) in [7, 11) is 0. The van der Waals surface area contributed by atoms with Gasteiger partial charge in [-0.3, -0.25) is 0 Å². The van der Waals surface area contributed by atoms with E-state index in [2.05, 4.69) is 15.5 Å². The maximum absolute atomic E-state index is 5.95. The maximum Gasteiger partial charge on any atom is 0.231 e. The van der Waals surface area contributed by atoms with Crippen LogP contribution in [-0.2, 0) is 0 Å². The van der Waals surface area contributed by atoms with Crippen molar-refractivity contribution < 1.29 is 4.52 Å². The van der Waals surface area contributed by atoms with Crippen molar-refractivity contribution in [1.29, 1.82) is 0 Å². The molecule has 0 saturated carbocycles. The predicted molar refractivity (Wildman–Crippen MR) is 69.6 cm³/mol. The molecule has 1 aromatic heterocycles. The van der Waals surface area contributed by atoms with Gasteiger partial charge in [0.1, 0.15) is 0 Å². The van der Waals surface area contributed by atoms with Crippen LogP contribution in [0.25, 0.3) is 11.4 Å². The molecule has 18 heavy (non-hydrogen) atoms. The van der Waals surface area contributed by atoms with Gasteiger partial charge in [-0.1, -0.05) is 28.9 Å². The third kappa shape index (κ3) is 2.40. The highest BCUT2D eigenvalue weighted by molar-refractivity contribution is 6.30. The minimum Gasteiger partial charge on any atom is -0.339 e. The molecule has 4 nitrogen and oxygen atoms in total. The standard InChI is InChI=1S/C13H14ClN3O/c14-11-5-1-3-9(7-11)12-16-13(18-17-12)10-4-2-6-15-8-10/h1,3,5,7,10,15H,2,4,6,8H2. The molecule has 1 saturated heterocycles. The normalized spacial score (nSPS) is 19.9. The van der Waals surface area contributed by atoms with Crippen LogP contribution in [-0.4, -0.2) is 23.2 Å². The molecule has 5 heteroatoms. The van der Waals surface area contributed by atoms with Crippen LogP contribution in [0.4, 0.5) is 0 Å². The molecule has 1 aromatic carbocycles. The summed E-state index contributed by atoms with van der Waals surface area (Å²) in [4.78, 5) is 4.47. The van der Waals surface area contributed by atoms with Gasteiger partial charge in [-0.05, 0) is 31.5 Å². The van der Waals surface area contributed by atoms with Gasteiger partial charge < -0.3 is 9.84 Å². The molecule has 1 N–H and O–H groups in total. The van der Waals surface area contributed by atoms with Gasteiger partial charge in [-0.2, -0.15) is 4.98 Å². The number of piperidine rings is 1. The number of hydrogen-bond donors (Lipinski definition) is 1. The van der Waals surface area contributed by atoms with Crippen molar-refractivity contribution in [2.24, 2.45) is 0 Å². The van der Waals surface area contributed by atoms with Crippen molar-refractivity contribution in [3.8, 4) is 11.4 Å². The van der Waals surface area contributed by atoms with Crippen LogP contribution in [0.5, 0.6) is 0 Å². The molecular formula is C13H14ClN3O. The molecule has 0 radical (unpaired) electrons. The lowest BCUT2D eigenvalue weighted by atomic mass is 10.00. The van der Waals surface area contributed by atoms with Gasteiger partial charge in [0.05, 0.1) is 5.92 Å². The van der Waals surface area contributed by atoms with Crippen LogP contribution >= 0.6 is 11.6 Å². The zero-order chi connectivity index (χ0) is 12.4. The van der Waals surface area contributed by atoms with E-state index in [0.29, 0.717) is 16.8 Å². The van der Waals surface area contributed by atoms with Gasteiger partial charge >= 0.3 is 0 Å². The molecular weight excluding hydrogens is 250 g/mol. The van der Waals surface area contributed by atoms with E-state index < -0.39 is 0 Å². The fourth-order valence-electron chi connectivity index (χ4n) is 2.21. The second kappa shape index (κ2) is 5.08. The van der Waals surface area contributed by atoms with Gasteiger partial charge in [0.25, 0.3) is 0 Å². The Bertz CT molecular complexity index is 535. The van der Waals surface area contributed by atoms with Gasteiger partial charge in [0.2, 0.25) is 11.7 Å². The summed E-state index contributed by atoms with van der Waals surface area (Å²) >= 11 is 5.95. The van der Waals surface area contributed by atoms with E-state index in [-0.39, 0.29) is 0 Å². The summed E-state index contributed by atoms with van der Waals surface area (Å²) < 4.78 is 5.35. The first-order valence-electron chi connectivity index (χ1n) is 6.13. The van der Waals surface area contributed by atoms with Crippen LogP contribution in [0, 0.1) is 0 Å². The monoisotopic (exact) mass is 263 g/mol. The quantitative estimate of drug-likeness (QED) is 0.905. The van der Waals surface area contributed by atoms with Gasteiger partial charge in [0.15, 0.2) is 0 Å². The van der Waals surface area contributed by atoms with Crippen LogP contribution in [0.3, 0.4) is 0 Å². The molecule has 0 aliphatic carbocycles. The highest BCUT2D eigenvalue weighted by Gasteiger charge is 2.21. The van der Waals surface area contributed by atoms with Crippen molar-refractivity contribution in [2.45, 2.75) is 18.8 Å². The van der Waals surface area contributed by atoms with E-state index in [0.717, 1.165) is 37.4 Å². The Labute approximate surface area is 110 Å². The van der Waals surface area contributed by atoms with Crippen molar-refractivity contribution in [1.82, 2.24) is 15.5 Å². The number of halogens is 1. The van der Waals surface area contributed by atoms with Crippen molar-refractivity contribution in [3.63, 3.8) is 0 Å². The fraction of sp³-hybridized carbons (Fsp3) is 0.385. The minimum absolute atomic E-state index is 0.333. The van der Waals surface area contributed by atoms with E-state index in [1.807, 2.05) is 24.3 Å². The summed E-state index contributed by atoms with van der Waals surface area (Å²) in [5, 5.41) is 8.05. The van der Waals surface area contributed by atoms with Gasteiger partial charge in [0, 0.05) is 17.1 Å². The number of nitrogens with zero attached hydrogens (tertiary/aromatic N) is 2. The Morgan fingerprint density at radius 2 is 2.33 bits per heavy atom. The Kier molecular flexibility index (Phi) is 3.30. The Hall–Kier alpha value is -1.39. The molecule has 2 heterocycles. The third-order valence-electron chi connectivity index (χ3n) is 3.17. The highest BCUT2D eigenvalue weighted by atomic mass is 35.5. The molecule has 1 fully saturated rings. The van der Waals surface area contributed by atoms with Crippen molar-refractivity contribution in [3.05, 3.63) is 35.2 Å². The molecule has 1 unspecified atom stereocenters. The topological polar surface area (TPSA) is 51.0 Å². The van der Waals surface area contributed by atoms with Gasteiger partial charge in [-0.15, -0.1) is 0 Å². The largest absolute Gasteiger partial charge is 0.339 e. The second-order valence-electron chi connectivity index (χ2n) is 4.51. The first-order valence-corrected chi connectivity index (χ1v) is 6.51. The van der Waals surface area contributed by atoms with Crippen LogP contribution in [0.15, 0.2) is 28.8 Å². The Morgan fingerprint density at radius 3 is 3.11 bits per heavy atom. The molecule has 1 aliphatic heterocycles. The van der Waals surface area contributed by atoms with Crippen LogP contribution in [0.1, 0.15) is 24.7 Å². The van der Waals surface area contributed by atoms with Crippen molar-refractivity contribution >= 4 is 11.6 Å². The Morgan fingerprint density at radius 1 is 1.39 bits per heavy atom. The summed E-state index contributed by atoms with van der Waals surface area (Å²) in [6, 6.07) is 7.49. The van der Waals surface area contributed by atoms with Crippen LogP contribution in [0.2, 0.25) is 5.02 Å². The van der Waals surface area contributed by atoms with Gasteiger partial charge in [-0.25, -0.2) is 0 Å². The zero-order valence-corrected chi connectivity index (χ0v) is 10.7. The van der Waals surface area contributed by atoms with Crippen molar-refractivity contribution in [2.75, 3.05) is 13.1 Å². The Balaban J connectivity index is 1.84. The summed E-state index contributed by atoms with van der Waals surface area (Å²) in [6.07, 6.45) is 2.25. The number of aromatic nitrogens is 2. The SMILES string of the molecule is Clc1cccc(-c2noc(C3CCCNC3)n2)c1. The summed E-state index contributed by atoms with van der Waals surface area (Å²) in [5.41, 5.74) is 0.890. The average molecular weight is 264 g/mol. The summed E-state index contributed by atoms with van der Waals surface area (Å²) in [6.45, 7) is 1.99. The zero-order valence-electron chi connectivity index (χ0n) is 9.90. The second-order valence-corrected chi connectivity index (χ2v) is 4.95. The summed E-state index contributed by atoms with van der Waals surface area (Å²) in [5.74, 6) is 1.66. The molecule has 1 atom stereocenters. The number of rotatable bonds is 2. The maximum atomic E-state index is 5.95. The number of benzene rings is 1. The first-order chi connectivity index (χ1) is 8.83. The smallest absolute Gasteiger partial charge is 0.231 e. The third-order valence-corrected chi connectivity index (χ3v) is 3.41. The van der Waals surface area contributed by atoms with Crippen LogP contribution < -0.4 is 5.32 Å². The highest BCUT2D eigenvalue weighted by Crippen LogP contribution is 2.25. The van der Waals surface area contributed by atoms with E-state index in [9.17, 15) is 0 Å². The first kappa shape index (κ1) is 11.7. The molecule has 1 aliphatic rings. The fourth-order valence-corrected chi connectivity index (χ4v) is 2.40. The lowest BCUT2D eigenvalue weighted by molar-refractivity contribution is 0.322. The average Bonchev–Trinajstić information content (AvgIpc) is 2.89. The molecule has 0 spiro atoms. The molecule has 94 valence electrons. The lowest BCUT2D eigenvalue weighted by Gasteiger charge is -2.18. The molecule has 0 amide bonds. The lowest BCUT2D eigenvalue weighted by Crippen LogP contribution is -2.28. The van der Waals surface area contributed by atoms with E-state index in [1.165, 1.54) is 0 Å². The number of nitrogens with one attached hydrogen (secondary N) is 1. The molecule has 2 aromatic rings. The number of hydrogen-bond acceptors (Lipinski definition) is 4. The minimum atomic E-state index is 0.333. The van der Waals surface area contributed by atoms with E-state index in [1.54, 1.807) is 0 Å².